The van der Waals surface area contributed by atoms with Crippen molar-refractivity contribution in [2.24, 2.45) is 0 Å². The lowest BCUT2D eigenvalue weighted by atomic mass is 9.95. The van der Waals surface area contributed by atoms with Crippen molar-refractivity contribution in [1.82, 2.24) is 4.72 Å². The summed E-state index contributed by atoms with van der Waals surface area (Å²) in [4.78, 5) is 11.1. The summed E-state index contributed by atoms with van der Waals surface area (Å²) < 4.78 is 28.0. The molecule has 20 heavy (non-hydrogen) atoms. The quantitative estimate of drug-likeness (QED) is 0.843. The van der Waals surface area contributed by atoms with Gasteiger partial charge in [-0.2, -0.15) is 0 Å². The molecule has 2 rings (SSSR count). The molecule has 0 amide bonds. The summed E-state index contributed by atoms with van der Waals surface area (Å²) in [7, 11) is -3.74. The van der Waals surface area contributed by atoms with Crippen LogP contribution in [0.25, 0.3) is 0 Å². The van der Waals surface area contributed by atoms with Crippen LogP contribution in [0.15, 0.2) is 33.6 Å². The number of carbonyl (C=O) groups is 1. The molecule has 0 heterocycles. The molecule has 2 N–H and O–H groups in total. The molecule has 0 bridgehead atoms. The summed E-state index contributed by atoms with van der Waals surface area (Å²) >= 11 is 3.21. The Bertz CT molecular complexity index is 609. The van der Waals surface area contributed by atoms with Gasteiger partial charge in [-0.25, -0.2) is 13.1 Å². The van der Waals surface area contributed by atoms with Crippen LogP contribution in [0.2, 0.25) is 0 Å². The van der Waals surface area contributed by atoms with Crippen LogP contribution in [0.5, 0.6) is 0 Å². The van der Waals surface area contributed by atoms with Gasteiger partial charge < -0.3 is 5.11 Å². The Morgan fingerprint density at radius 3 is 2.45 bits per heavy atom. The number of hydrogen-bond donors (Lipinski definition) is 2. The van der Waals surface area contributed by atoms with E-state index in [9.17, 15) is 13.2 Å². The molecule has 1 aromatic carbocycles. The van der Waals surface area contributed by atoms with Gasteiger partial charge in [0.2, 0.25) is 10.0 Å². The van der Waals surface area contributed by atoms with E-state index in [0.717, 1.165) is 12.8 Å². The summed E-state index contributed by atoms with van der Waals surface area (Å²) in [5.74, 6) is -0.985. The fourth-order valence-electron chi connectivity index (χ4n) is 2.66. The van der Waals surface area contributed by atoms with Crippen molar-refractivity contribution in [3.05, 3.63) is 28.7 Å². The largest absolute Gasteiger partial charge is 0.481 e. The Kier molecular flexibility index (Phi) is 4.51. The lowest BCUT2D eigenvalue weighted by Crippen LogP contribution is -2.47. The number of halogens is 1. The van der Waals surface area contributed by atoms with E-state index in [1.165, 1.54) is 6.07 Å². The first kappa shape index (κ1) is 15.5. The average Bonchev–Trinajstić information content (AvgIpc) is 2.75. The molecule has 0 radical (unpaired) electrons. The lowest BCUT2D eigenvalue weighted by Gasteiger charge is -2.28. The zero-order valence-corrected chi connectivity index (χ0v) is 13.2. The third-order valence-corrected chi connectivity index (χ3v) is 6.12. The first-order chi connectivity index (χ1) is 9.35. The van der Waals surface area contributed by atoms with E-state index < -0.39 is 21.5 Å². The van der Waals surface area contributed by atoms with Crippen molar-refractivity contribution >= 4 is 31.9 Å². The molecule has 1 aliphatic carbocycles. The summed E-state index contributed by atoms with van der Waals surface area (Å²) in [5, 5.41) is 9.02. The molecule has 1 fully saturated rings. The van der Waals surface area contributed by atoms with Gasteiger partial charge in [0.15, 0.2) is 0 Å². The first-order valence-corrected chi connectivity index (χ1v) is 8.63. The van der Waals surface area contributed by atoms with Crippen molar-refractivity contribution in [3.8, 4) is 0 Å². The molecule has 0 atom stereocenters. The van der Waals surface area contributed by atoms with Crippen LogP contribution in [0.3, 0.4) is 0 Å². The van der Waals surface area contributed by atoms with Gasteiger partial charge >= 0.3 is 5.97 Å². The predicted octanol–water partition coefficient (Wildman–Crippen LogP) is 2.51. The molecule has 0 unspecified atom stereocenters. The Hall–Kier alpha value is -0.920. The molecular weight excluding hydrogens is 346 g/mol. The monoisotopic (exact) mass is 361 g/mol. The van der Waals surface area contributed by atoms with Gasteiger partial charge in [-0.1, -0.05) is 25.0 Å². The van der Waals surface area contributed by atoms with Gasteiger partial charge in [0.25, 0.3) is 0 Å². The van der Waals surface area contributed by atoms with Gasteiger partial charge in [-0.15, -0.1) is 0 Å². The van der Waals surface area contributed by atoms with Gasteiger partial charge in [0.05, 0.1) is 11.3 Å². The van der Waals surface area contributed by atoms with E-state index >= 15 is 0 Å². The normalized spacial score (nSPS) is 18.1. The Balaban J connectivity index is 2.31. The van der Waals surface area contributed by atoms with E-state index in [1.807, 2.05) is 0 Å². The minimum Gasteiger partial charge on any atom is -0.481 e. The van der Waals surface area contributed by atoms with Crippen molar-refractivity contribution < 1.29 is 18.3 Å². The molecule has 110 valence electrons. The third kappa shape index (κ3) is 3.39. The topological polar surface area (TPSA) is 83.5 Å². The standard InChI is InChI=1S/C13H16BrNO4S/c14-10-5-1-2-6-11(10)20(18,19)15-13(9-12(16)17)7-3-4-8-13/h1-2,5-6,15H,3-4,7-9H2,(H,16,17). The Morgan fingerprint density at radius 1 is 1.30 bits per heavy atom. The first-order valence-electron chi connectivity index (χ1n) is 6.35. The van der Waals surface area contributed by atoms with Crippen LogP contribution < -0.4 is 4.72 Å². The van der Waals surface area contributed by atoms with Crippen LogP contribution in [0, 0.1) is 0 Å². The third-order valence-electron chi connectivity index (χ3n) is 3.53. The van der Waals surface area contributed by atoms with Crippen molar-refractivity contribution in [2.75, 3.05) is 0 Å². The highest BCUT2D eigenvalue weighted by molar-refractivity contribution is 9.10. The van der Waals surface area contributed by atoms with E-state index in [1.54, 1.807) is 18.2 Å². The molecule has 7 heteroatoms. The number of nitrogens with one attached hydrogen (secondary N) is 1. The Labute approximate surface area is 126 Å². The zero-order chi connectivity index (χ0) is 14.8. The molecule has 1 aliphatic rings. The van der Waals surface area contributed by atoms with E-state index in [2.05, 4.69) is 20.7 Å². The van der Waals surface area contributed by atoms with Gasteiger partial charge in [0, 0.05) is 10.0 Å². The molecule has 5 nitrogen and oxygen atoms in total. The van der Waals surface area contributed by atoms with Crippen LogP contribution in [0.4, 0.5) is 0 Å². The smallest absolute Gasteiger partial charge is 0.305 e. The molecule has 0 aromatic heterocycles. The second-order valence-electron chi connectivity index (χ2n) is 5.09. The summed E-state index contributed by atoms with van der Waals surface area (Å²) in [5.41, 5.74) is -0.861. The van der Waals surface area contributed by atoms with Gasteiger partial charge in [-0.05, 0) is 40.9 Å². The maximum Gasteiger partial charge on any atom is 0.305 e. The van der Waals surface area contributed by atoms with Crippen LogP contribution >= 0.6 is 15.9 Å². The van der Waals surface area contributed by atoms with E-state index in [0.29, 0.717) is 17.3 Å². The molecule has 0 aliphatic heterocycles. The summed E-state index contributed by atoms with van der Waals surface area (Å²) in [6.45, 7) is 0. The molecule has 0 saturated heterocycles. The van der Waals surface area contributed by atoms with E-state index in [4.69, 9.17) is 5.11 Å². The van der Waals surface area contributed by atoms with Crippen molar-refractivity contribution in [3.63, 3.8) is 0 Å². The fraction of sp³-hybridized carbons (Fsp3) is 0.462. The van der Waals surface area contributed by atoms with Gasteiger partial charge in [0.1, 0.15) is 0 Å². The second-order valence-corrected chi connectivity index (χ2v) is 7.60. The molecule has 1 aromatic rings. The summed E-state index contributed by atoms with van der Waals surface area (Å²) in [6, 6.07) is 6.51. The number of aliphatic carboxylic acids is 1. The number of carboxylic acids is 1. The maximum absolute atomic E-state index is 12.5. The average molecular weight is 362 g/mol. The predicted molar refractivity (Wildman–Crippen MR) is 77.9 cm³/mol. The zero-order valence-electron chi connectivity index (χ0n) is 10.8. The van der Waals surface area contributed by atoms with Crippen molar-refractivity contribution in [1.29, 1.82) is 0 Å². The lowest BCUT2D eigenvalue weighted by molar-refractivity contribution is -0.138. The highest BCUT2D eigenvalue weighted by Gasteiger charge is 2.40. The highest BCUT2D eigenvalue weighted by Crippen LogP contribution is 2.35. The number of sulfonamides is 1. The second kappa shape index (κ2) is 5.83. The Morgan fingerprint density at radius 2 is 1.90 bits per heavy atom. The number of benzene rings is 1. The van der Waals surface area contributed by atoms with Crippen LogP contribution in [0.1, 0.15) is 32.1 Å². The summed E-state index contributed by atoms with van der Waals surface area (Å²) in [6.07, 6.45) is 2.61. The van der Waals surface area contributed by atoms with Crippen LogP contribution in [-0.4, -0.2) is 25.0 Å². The minimum absolute atomic E-state index is 0.136. The molecule has 0 spiro atoms. The van der Waals surface area contributed by atoms with E-state index in [-0.39, 0.29) is 11.3 Å². The number of carboxylic acid groups (broad SMARTS) is 1. The van der Waals surface area contributed by atoms with Crippen molar-refractivity contribution in [2.45, 2.75) is 42.5 Å². The van der Waals surface area contributed by atoms with Crippen LogP contribution in [-0.2, 0) is 14.8 Å². The fourth-order valence-corrected chi connectivity index (χ4v) is 5.12. The highest BCUT2D eigenvalue weighted by atomic mass is 79.9. The number of hydrogen-bond acceptors (Lipinski definition) is 3. The SMILES string of the molecule is O=C(O)CC1(NS(=O)(=O)c2ccccc2Br)CCCC1. The van der Waals surface area contributed by atoms with Gasteiger partial charge in [-0.3, -0.25) is 4.79 Å². The number of rotatable bonds is 5. The maximum atomic E-state index is 12.5. The molecule has 1 saturated carbocycles. The minimum atomic E-state index is -3.74. The molecular formula is C13H16BrNO4S.